The first kappa shape index (κ1) is 20.6. The molecule has 0 saturated heterocycles. The van der Waals surface area contributed by atoms with E-state index in [4.69, 9.17) is 17.0 Å². The topological polar surface area (TPSA) is 50.4 Å². The number of hydrogen-bond acceptors (Lipinski definition) is 3. The maximum absolute atomic E-state index is 12.2. The number of benzene rings is 3. The minimum atomic E-state index is -0.282. The van der Waals surface area contributed by atoms with E-state index in [1.165, 1.54) is 6.08 Å². The molecule has 0 aliphatic rings. The molecule has 0 spiro atoms. The zero-order valence-corrected chi connectivity index (χ0v) is 17.2. The lowest BCUT2D eigenvalue weighted by Crippen LogP contribution is -2.32. The fourth-order valence-corrected chi connectivity index (χ4v) is 3.06. The minimum Gasteiger partial charge on any atom is -0.494 e. The van der Waals surface area contributed by atoms with Crippen molar-refractivity contribution < 1.29 is 9.53 Å². The Morgan fingerprint density at radius 1 is 1.03 bits per heavy atom. The molecular formula is C24H24N2O2S. The van der Waals surface area contributed by atoms with E-state index in [9.17, 15) is 4.79 Å². The molecule has 2 N–H and O–H groups in total. The Kier molecular flexibility index (Phi) is 7.36. The van der Waals surface area contributed by atoms with Crippen LogP contribution in [0.4, 0.5) is 5.69 Å². The first-order chi connectivity index (χ1) is 14.2. The molecule has 0 fully saturated rings. The number of amides is 1. The molecule has 0 radical (unpaired) electrons. The molecule has 1 amide bonds. The smallest absolute Gasteiger partial charge is 0.250 e. The van der Waals surface area contributed by atoms with Gasteiger partial charge in [0.1, 0.15) is 5.75 Å². The molecule has 0 aliphatic heterocycles. The first-order valence-corrected chi connectivity index (χ1v) is 10.1. The SMILES string of the molecule is CCCCOc1ccc(NC(=S)NC(=O)C=Cc2cccc3ccccc23)cc1. The van der Waals surface area contributed by atoms with Crippen LogP contribution in [-0.4, -0.2) is 17.6 Å². The summed E-state index contributed by atoms with van der Waals surface area (Å²) in [5, 5.41) is 8.15. The van der Waals surface area contributed by atoms with E-state index < -0.39 is 0 Å². The van der Waals surface area contributed by atoms with Crippen LogP contribution in [0.1, 0.15) is 25.3 Å². The number of fused-ring (bicyclic) bond motifs is 1. The maximum Gasteiger partial charge on any atom is 0.250 e. The van der Waals surface area contributed by atoms with Crippen LogP contribution in [0.15, 0.2) is 72.8 Å². The highest BCUT2D eigenvalue weighted by Gasteiger charge is 2.03. The van der Waals surface area contributed by atoms with Gasteiger partial charge in [-0.15, -0.1) is 0 Å². The maximum atomic E-state index is 12.2. The van der Waals surface area contributed by atoms with E-state index in [0.717, 1.165) is 40.6 Å². The third kappa shape index (κ3) is 6.16. The molecule has 0 aliphatic carbocycles. The lowest BCUT2D eigenvalue weighted by Gasteiger charge is -2.10. The number of rotatable bonds is 7. The zero-order valence-electron chi connectivity index (χ0n) is 16.4. The second kappa shape index (κ2) is 10.4. The summed E-state index contributed by atoms with van der Waals surface area (Å²) in [6.07, 6.45) is 5.41. The standard InChI is InChI=1S/C24H24N2O2S/c1-2-3-17-28-21-14-12-20(13-15-21)25-24(29)26-23(27)16-11-19-9-6-8-18-7-4-5-10-22(18)19/h4-16H,2-3,17H2,1H3,(H2,25,26,27,29). The number of unbranched alkanes of at least 4 members (excludes halogenated alkanes) is 1. The van der Waals surface area contributed by atoms with Crippen LogP contribution in [0, 0.1) is 0 Å². The number of carbonyl (C=O) groups is 1. The van der Waals surface area contributed by atoms with Crippen LogP contribution in [0.2, 0.25) is 0 Å². The Morgan fingerprint density at radius 3 is 2.59 bits per heavy atom. The van der Waals surface area contributed by atoms with Crippen LogP contribution in [0.5, 0.6) is 5.75 Å². The number of carbonyl (C=O) groups excluding carboxylic acids is 1. The van der Waals surface area contributed by atoms with Crippen LogP contribution in [0.25, 0.3) is 16.8 Å². The van der Waals surface area contributed by atoms with Gasteiger partial charge in [-0.3, -0.25) is 10.1 Å². The average Bonchev–Trinajstić information content (AvgIpc) is 2.73. The van der Waals surface area contributed by atoms with E-state index in [1.807, 2.05) is 66.7 Å². The fourth-order valence-electron chi connectivity index (χ4n) is 2.85. The second-order valence-electron chi connectivity index (χ2n) is 6.57. The van der Waals surface area contributed by atoms with Gasteiger partial charge in [-0.25, -0.2) is 0 Å². The van der Waals surface area contributed by atoms with Crippen LogP contribution >= 0.6 is 12.2 Å². The second-order valence-corrected chi connectivity index (χ2v) is 6.98. The van der Waals surface area contributed by atoms with Gasteiger partial charge in [0.05, 0.1) is 6.61 Å². The molecule has 3 aromatic rings. The number of ether oxygens (including phenoxy) is 1. The van der Waals surface area contributed by atoms with Crippen molar-refractivity contribution in [3.05, 3.63) is 78.4 Å². The largest absolute Gasteiger partial charge is 0.494 e. The molecule has 0 heterocycles. The van der Waals surface area contributed by atoms with Crippen LogP contribution < -0.4 is 15.4 Å². The van der Waals surface area contributed by atoms with Gasteiger partial charge in [-0.1, -0.05) is 55.8 Å². The van der Waals surface area contributed by atoms with Gasteiger partial charge in [0.15, 0.2) is 5.11 Å². The Labute approximate surface area is 176 Å². The molecule has 3 aromatic carbocycles. The minimum absolute atomic E-state index is 0.247. The van der Waals surface area contributed by atoms with Crippen molar-refractivity contribution in [1.82, 2.24) is 5.32 Å². The van der Waals surface area contributed by atoms with Crippen molar-refractivity contribution in [3.63, 3.8) is 0 Å². The van der Waals surface area contributed by atoms with Crippen molar-refractivity contribution in [1.29, 1.82) is 0 Å². The lowest BCUT2D eigenvalue weighted by atomic mass is 10.0. The number of anilines is 1. The summed E-state index contributed by atoms with van der Waals surface area (Å²) in [5.41, 5.74) is 1.77. The van der Waals surface area contributed by atoms with Crippen molar-refractivity contribution in [2.24, 2.45) is 0 Å². The summed E-state index contributed by atoms with van der Waals surface area (Å²) in [6, 6.07) is 21.6. The van der Waals surface area contributed by atoms with Crippen LogP contribution in [-0.2, 0) is 4.79 Å². The summed E-state index contributed by atoms with van der Waals surface area (Å²) in [4.78, 5) is 12.2. The zero-order chi connectivity index (χ0) is 20.5. The summed E-state index contributed by atoms with van der Waals surface area (Å²) in [7, 11) is 0. The van der Waals surface area contributed by atoms with Gasteiger partial charge in [-0.05, 0) is 65.3 Å². The monoisotopic (exact) mass is 404 g/mol. The Hall–Kier alpha value is -3.18. The van der Waals surface area contributed by atoms with Crippen molar-refractivity contribution in [2.75, 3.05) is 11.9 Å². The van der Waals surface area contributed by atoms with Crippen LogP contribution in [0.3, 0.4) is 0 Å². The molecule has 0 aromatic heterocycles. The van der Waals surface area contributed by atoms with E-state index in [-0.39, 0.29) is 11.0 Å². The first-order valence-electron chi connectivity index (χ1n) is 9.66. The molecule has 148 valence electrons. The molecular weight excluding hydrogens is 380 g/mol. The van der Waals surface area contributed by atoms with Gasteiger partial charge >= 0.3 is 0 Å². The summed E-state index contributed by atoms with van der Waals surface area (Å²) in [5.74, 6) is 0.534. The van der Waals surface area contributed by atoms with E-state index in [1.54, 1.807) is 6.08 Å². The van der Waals surface area contributed by atoms with E-state index in [2.05, 4.69) is 17.6 Å². The molecule has 4 nitrogen and oxygen atoms in total. The number of thiocarbonyl (C=S) groups is 1. The normalized spacial score (nSPS) is 10.8. The van der Waals surface area contributed by atoms with E-state index >= 15 is 0 Å². The van der Waals surface area contributed by atoms with Gasteiger partial charge in [-0.2, -0.15) is 0 Å². The molecule has 0 unspecified atom stereocenters. The number of nitrogens with one attached hydrogen (secondary N) is 2. The fraction of sp³-hybridized carbons (Fsp3) is 0.167. The third-order valence-corrected chi connectivity index (χ3v) is 4.56. The molecule has 29 heavy (non-hydrogen) atoms. The average molecular weight is 405 g/mol. The Bertz CT molecular complexity index is 1010. The molecule has 0 atom stereocenters. The quantitative estimate of drug-likeness (QED) is 0.308. The summed E-state index contributed by atoms with van der Waals surface area (Å²) in [6.45, 7) is 2.84. The highest BCUT2D eigenvalue weighted by molar-refractivity contribution is 7.80. The third-order valence-electron chi connectivity index (χ3n) is 4.35. The summed E-state index contributed by atoms with van der Waals surface area (Å²) >= 11 is 5.23. The predicted molar refractivity (Wildman–Crippen MR) is 124 cm³/mol. The molecule has 3 rings (SSSR count). The predicted octanol–water partition coefficient (Wildman–Crippen LogP) is 5.55. The number of hydrogen-bond donors (Lipinski definition) is 2. The van der Waals surface area contributed by atoms with Crippen molar-refractivity contribution in [3.8, 4) is 5.75 Å². The molecule has 0 bridgehead atoms. The van der Waals surface area contributed by atoms with Gasteiger partial charge in [0.2, 0.25) is 5.91 Å². The molecule has 0 saturated carbocycles. The van der Waals surface area contributed by atoms with Crippen molar-refractivity contribution in [2.45, 2.75) is 19.8 Å². The van der Waals surface area contributed by atoms with E-state index in [0.29, 0.717) is 6.61 Å². The van der Waals surface area contributed by atoms with Crippen molar-refractivity contribution >= 4 is 45.8 Å². The molecule has 5 heteroatoms. The van der Waals surface area contributed by atoms with Gasteiger partial charge < -0.3 is 10.1 Å². The van der Waals surface area contributed by atoms with Gasteiger partial charge in [0, 0.05) is 11.8 Å². The Morgan fingerprint density at radius 2 is 1.79 bits per heavy atom. The highest BCUT2D eigenvalue weighted by Crippen LogP contribution is 2.19. The van der Waals surface area contributed by atoms with Gasteiger partial charge in [0.25, 0.3) is 0 Å². The Balaban J connectivity index is 1.54. The lowest BCUT2D eigenvalue weighted by molar-refractivity contribution is -0.115. The summed E-state index contributed by atoms with van der Waals surface area (Å²) < 4.78 is 5.64. The highest BCUT2D eigenvalue weighted by atomic mass is 32.1.